The van der Waals surface area contributed by atoms with Crippen LogP contribution >= 0.6 is 0 Å². The second kappa shape index (κ2) is 18.4. The van der Waals surface area contributed by atoms with E-state index in [0.717, 1.165) is 25.7 Å². The van der Waals surface area contributed by atoms with Gasteiger partial charge in [-0.25, -0.2) is 0 Å². The van der Waals surface area contributed by atoms with E-state index in [1.54, 1.807) is 0 Å². The van der Waals surface area contributed by atoms with Crippen LogP contribution in [0.2, 0.25) is 0 Å². The van der Waals surface area contributed by atoms with Crippen molar-refractivity contribution in [2.45, 2.75) is 122 Å². The van der Waals surface area contributed by atoms with Crippen molar-refractivity contribution in [1.29, 1.82) is 0 Å². The minimum Gasteiger partial charge on any atom is -0.481 e. The molecule has 0 aromatic heterocycles. The molecule has 2 unspecified atom stereocenters. The van der Waals surface area contributed by atoms with Gasteiger partial charge in [-0.3, -0.25) is 9.59 Å². The van der Waals surface area contributed by atoms with Gasteiger partial charge in [0.1, 0.15) is 0 Å². The fourth-order valence-electron chi connectivity index (χ4n) is 4.46. The highest BCUT2D eigenvalue weighted by atomic mass is 16.5. The van der Waals surface area contributed by atoms with E-state index in [1.807, 2.05) is 0 Å². The van der Waals surface area contributed by atoms with E-state index in [1.165, 1.54) is 77.0 Å². The molecule has 0 spiro atoms. The van der Waals surface area contributed by atoms with Crippen molar-refractivity contribution >= 4 is 11.9 Å². The average molecular weight is 423 g/mol. The zero-order chi connectivity index (χ0) is 21.9. The molecule has 0 aromatic carbocycles. The molecule has 0 aromatic rings. The molecule has 0 saturated heterocycles. The molecule has 4 heteroatoms. The Labute approximate surface area is 184 Å². The fraction of sp³-hybridized carbons (Fsp3) is 0.846. The van der Waals surface area contributed by atoms with E-state index in [0.29, 0.717) is 19.4 Å². The summed E-state index contributed by atoms with van der Waals surface area (Å²) in [5, 5.41) is 9.27. The van der Waals surface area contributed by atoms with E-state index < -0.39 is 17.8 Å². The number of ether oxygens (including phenoxy) is 1. The maximum Gasteiger partial charge on any atom is 0.309 e. The maximum absolute atomic E-state index is 12.2. The summed E-state index contributed by atoms with van der Waals surface area (Å²) in [5.41, 5.74) is 0. The van der Waals surface area contributed by atoms with Crippen molar-refractivity contribution in [1.82, 2.24) is 0 Å². The van der Waals surface area contributed by atoms with Crippen LogP contribution in [-0.2, 0) is 14.3 Å². The van der Waals surface area contributed by atoms with Crippen LogP contribution in [0.1, 0.15) is 122 Å². The van der Waals surface area contributed by atoms with Crippen molar-refractivity contribution in [2.75, 3.05) is 6.61 Å². The Morgan fingerprint density at radius 2 is 1.23 bits per heavy atom. The van der Waals surface area contributed by atoms with Crippen LogP contribution in [0.4, 0.5) is 0 Å². The molecular formula is C26H46O4. The van der Waals surface area contributed by atoms with Crippen molar-refractivity contribution in [3.05, 3.63) is 12.2 Å². The van der Waals surface area contributed by atoms with Gasteiger partial charge in [-0.2, -0.15) is 0 Å². The van der Waals surface area contributed by atoms with Gasteiger partial charge in [0.2, 0.25) is 0 Å². The van der Waals surface area contributed by atoms with Crippen molar-refractivity contribution < 1.29 is 19.4 Å². The third kappa shape index (κ3) is 13.1. The molecule has 0 bridgehead atoms. The second-order valence-electron chi connectivity index (χ2n) is 8.96. The Bertz CT molecular complexity index is 472. The second-order valence-corrected chi connectivity index (χ2v) is 8.96. The molecule has 4 nitrogen and oxygen atoms in total. The van der Waals surface area contributed by atoms with Gasteiger partial charge in [0.05, 0.1) is 18.4 Å². The van der Waals surface area contributed by atoms with Gasteiger partial charge in [-0.05, 0) is 39.0 Å². The van der Waals surface area contributed by atoms with Gasteiger partial charge < -0.3 is 9.84 Å². The zero-order valence-electron chi connectivity index (χ0n) is 19.4. The number of unbranched alkanes of at least 4 members (excludes halogenated alkanes) is 13. The van der Waals surface area contributed by atoms with Crippen LogP contribution in [0.5, 0.6) is 0 Å². The molecule has 0 aliphatic heterocycles. The molecule has 0 heterocycles. The lowest BCUT2D eigenvalue weighted by Gasteiger charge is -2.26. The summed E-state index contributed by atoms with van der Waals surface area (Å²) in [6.07, 6.45) is 25.5. The lowest BCUT2D eigenvalue weighted by molar-refractivity contribution is -0.159. The Hall–Kier alpha value is -1.32. The number of rotatable bonds is 18. The predicted molar refractivity (Wildman–Crippen MR) is 123 cm³/mol. The Balaban J connectivity index is 1.85. The van der Waals surface area contributed by atoms with E-state index in [9.17, 15) is 14.7 Å². The van der Waals surface area contributed by atoms with Gasteiger partial charge in [0, 0.05) is 0 Å². The van der Waals surface area contributed by atoms with Crippen LogP contribution in [0.3, 0.4) is 0 Å². The Morgan fingerprint density at radius 1 is 0.767 bits per heavy atom. The summed E-state index contributed by atoms with van der Waals surface area (Å²) in [4.78, 5) is 23.5. The number of carbonyl (C=O) groups excluding carboxylic acids is 1. The van der Waals surface area contributed by atoms with E-state index >= 15 is 0 Å². The monoisotopic (exact) mass is 422 g/mol. The van der Waals surface area contributed by atoms with Crippen LogP contribution in [-0.4, -0.2) is 23.7 Å². The third-order valence-corrected chi connectivity index (χ3v) is 6.38. The standard InChI is InChI=1S/C26H46O4/c1-2-3-4-5-6-7-8-9-10-11-12-13-14-15-16-19-22-30-26(29)24-21-18-17-20-23(24)25(27)28/h2-3,23-24H,4-22H2,1H3,(H,27,28)/b3-2+. The first-order valence-electron chi connectivity index (χ1n) is 12.7. The SMILES string of the molecule is C/C=C/CCCCCCCCCCCCCCCOC(=O)C1CCCCC1C(=O)O. The largest absolute Gasteiger partial charge is 0.481 e. The van der Waals surface area contributed by atoms with E-state index in [2.05, 4.69) is 19.1 Å². The number of hydrogen-bond acceptors (Lipinski definition) is 3. The molecular weight excluding hydrogens is 376 g/mol. The number of esters is 1. The highest BCUT2D eigenvalue weighted by Crippen LogP contribution is 2.31. The molecule has 0 radical (unpaired) electrons. The number of carboxylic acids is 1. The van der Waals surface area contributed by atoms with Crippen LogP contribution in [0, 0.1) is 11.8 Å². The molecule has 1 saturated carbocycles. The smallest absolute Gasteiger partial charge is 0.309 e. The highest BCUT2D eigenvalue weighted by molar-refractivity contribution is 5.81. The summed E-state index contributed by atoms with van der Waals surface area (Å²) in [5.74, 6) is -2.12. The molecule has 30 heavy (non-hydrogen) atoms. The summed E-state index contributed by atoms with van der Waals surface area (Å²) < 4.78 is 5.38. The first kappa shape index (κ1) is 26.7. The molecule has 1 fully saturated rings. The van der Waals surface area contributed by atoms with Crippen molar-refractivity contribution in [2.24, 2.45) is 11.8 Å². The minimum atomic E-state index is -0.850. The molecule has 2 atom stereocenters. The first-order chi connectivity index (χ1) is 14.7. The normalized spacial score (nSPS) is 19.2. The van der Waals surface area contributed by atoms with Gasteiger partial charge in [0.15, 0.2) is 0 Å². The molecule has 1 N–H and O–H groups in total. The lowest BCUT2D eigenvalue weighted by Crippen LogP contribution is -2.33. The summed E-state index contributed by atoms with van der Waals surface area (Å²) in [6, 6.07) is 0. The molecule has 0 amide bonds. The van der Waals surface area contributed by atoms with E-state index in [-0.39, 0.29) is 5.97 Å². The van der Waals surface area contributed by atoms with Crippen molar-refractivity contribution in [3.8, 4) is 0 Å². The average Bonchev–Trinajstić information content (AvgIpc) is 2.75. The topological polar surface area (TPSA) is 63.6 Å². The van der Waals surface area contributed by atoms with Crippen LogP contribution in [0.25, 0.3) is 0 Å². The predicted octanol–water partition coefficient (Wildman–Crippen LogP) is 7.46. The Kier molecular flexibility index (Phi) is 16.4. The number of carboxylic acid groups (broad SMARTS) is 1. The Morgan fingerprint density at radius 3 is 1.73 bits per heavy atom. The number of hydrogen-bond donors (Lipinski definition) is 1. The molecule has 174 valence electrons. The molecule has 1 rings (SSSR count). The number of aliphatic carboxylic acids is 1. The third-order valence-electron chi connectivity index (χ3n) is 6.38. The molecule has 1 aliphatic rings. The summed E-state index contributed by atoms with van der Waals surface area (Å²) in [7, 11) is 0. The summed E-state index contributed by atoms with van der Waals surface area (Å²) >= 11 is 0. The highest BCUT2D eigenvalue weighted by Gasteiger charge is 2.36. The quantitative estimate of drug-likeness (QED) is 0.141. The lowest BCUT2D eigenvalue weighted by atomic mass is 9.79. The van der Waals surface area contributed by atoms with Crippen LogP contribution < -0.4 is 0 Å². The van der Waals surface area contributed by atoms with Crippen molar-refractivity contribution in [3.63, 3.8) is 0 Å². The fourth-order valence-corrected chi connectivity index (χ4v) is 4.46. The zero-order valence-corrected chi connectivity index (χ0v) is 19.4. The number of carbonyl (C=O) groups is 2. The van der Waals surface area contributed by atoms with Gasteiger partial charge in [-0.15, -0.1) is 0 Å². The van der Waals surface area contributed by atoms with Crippen LogP contribution in [0.15, 0.2) is 12.2 Å². The minimum absolute atomic E-state index is 0.292. The number of allylic oxidation sites excluding steroid dienone is 2. The van der Waals surface area contributed by atoms with Gasteiger partial charge >= 0.3 is 11.9 Å². The van der Waals surface area contributed by atoms with E-state index in [4.69, 9.17) is 4.74 Å². The maximum atomic E-state index is 12.2. The summed E-state index contributed by atoms with van der Waals surface area (Å²) in [6.45, 7) is 2.53. The van der Waals surface area contributed by atoms with Gasteiger partial charge in [-0.1, -0.05) is 95.6 Å². The molecule has 1 aliphatic carbocycles. The van der Waals surface area contributed by atoms with Gasteiger partial charge in [0.25, 0.3) is 0 Å². The first-order valence-corrected chi connectivity index (χ1v) is 12.7.